The minimum atomic E-state index is 0.0948. The van der Waals surface area contributed by atoms with Crippen LogP contribution in [0.1, 0.15) is 34.2 Å². The Morgan fingerprint density at radius 1 is 1.37 bits per heavy atom. The molecule has 0 atom stereocenters. The molecule has 1 aromatic carbocycles. The monoisotopic (exact) mass is 256 g/mol. The van der Waals surface area contributed by atoms with Crippen LogP contribution in [0.3, 0.4) is 0 Å². The predicted octanol–water partition coefficient (Wildman–Crippen LogP) is 1.33. The van der Waals surface area contributed by atoms with Crippen LogP contribution < -0.4 is 5.32 Å². The summed E-state index contributed by atoms with van der Waals surface area (Å²) in [5.41, 5.74) is 3.27. The van der Waals surface area contributed by atoms with Crippen LogP contribution in [0.15, 0.2) is 24.5 Å². The van der Waals surface area contributed by atoms with Gasteiger partial charge in [0.15, 0.2) is 5.78 Å². The molecule has 1 aromatic heterocycles. The van der Waals surface area contributed by atoms with Gasteiger partial charge in [0.25, 0.3) is 0 Å². The van der Waals surface area contributed by atoms with E-state index < -0.39 is 0 Å². The van der Waals surface area contributed by atoms with Crippen molar-refractivity contribution in [1.82, 2.24) is 20.1 Å². The highest BCUT2D eigenvalue weighted by Gasteiger charge is 2.15. The van der Waals surface area contributed by atoms with E-state index in [4.69, 9.17) is 0 Å². The summed E-state index contributed by atoms with van der Waals surface area (Å²) in [5.74, 6) is 0.823. The fourth-order valence-corrected chi connectivity index (χ4v) is 2.40. The first-order chi connectivity index (χ1) is 9.28. The maximum atomic E-state index is 12.3. The van der Waals surface area contributed by atoms with Gasteiger partial charge in [0.05, 0.1) is 6.42 Å². The topological polar surface area (TPSA) is 59.8 Å². The van der Waals surface area contributed by atoms with Gasteiger partial charge in [0.1, 0.15) is 12.2 Å². The van der Waals surface area contributed by atoms with E-state index in [2.05, 4.69) is 15.4 Å². The summed E-state index contributed by atoms with van der Waals surface area (Å²) in [6, 6.07) is 5.93. The Balaban J connectivity index is 1.81. The molecule has 98 valence electrons. The lowest BCUT2D eigenvalue weighted by atomic mass is 10.0. The second-order valence-electron chi connectivity index (χ2n) is 4.68. The van der Waals surface area contributed by atoms with E-state index in [0.717, 1.165) is 31.0 Å². The molecule has 0 bridgehead atoms. The number of benzene rings is 1. The van der Waals surface area contributed by atoms with Crippen molar-refractivity contribution in [3.8, 4) is 0 Å². The fraction of sp³-hybridized carbons (Fsp3) is 0.357. The normalized spacial score (nSPS) is 13.5. The molecule has 2 heterocycles. The van der Waals surface area contributed by atoms with E-state index in [1.54, 1.807) is 4.68 Å². The molecular weight excluding hydrogens is 240 g/mol. The van der Waals surface area contributed by atoms with Crippen LogP contribution in [0.5, 0.6) is 0 Å². The van der Waals surface area contributed by atoms with Crippen molar-refractivity contribution < 1.29 is 4.79 Å². The average Bonchev–Trinajstić information content (AvgIpc) is 3.05. The maximum absolute atomic E-state index is 12.3. The third-order valence-electron chi connectivity index (χ3n) is 3.47. The van der Waals surface area contributed by atoms with Crippen LogP contribution >= 0.6 is 0 Å². The zero-order valence-electron chi connectivity index (χ0n) is 10.9. The van der Waals surface area contributed by atoms with E-state index in [9.17, 15) is 4.79 Å². The number of Topliss-reactive ketones (excluding diaryl/α,β-unsaturated/α-hetero) is 1. The molecule has 5 heteroatoms. The number of carbonyl (C=O) groups excluding carboxylic acids is 1. The Labute approximate surface area is 111 Å². The number of aryl methyl sites for hydroxylation is 1. The first-order valence-corrected chi connectivity index (χ1v) is 6.50. The predicted molar refractivity (Wildman–Crippen MR) is 70.7 cm³/mol. The van der Waals surface area contributed by atoms with Gasteiger partial charge in [-0.1, -0.05) is 12.1 Å². The minimum Gasteiger partial charge on any atom is -0.309 e. The van der Waals surface area contributed by atoms with Crippen LogP contribution in [0.25, 0.3) is 0 Å². The zero-order valence-corrected chi connectivity index (χ0v) is 10.9. The average molecular weight is 256 g/mol. The Hall–Kier alpha value is -2.01. The van der Waals surface area contributed by atoms with Gasteiger partial charge in [-0.3, -0.25) is 4.79 Å². The number of carbonyl (C=O) groups is 1. The van der Waals surface area contributed by atoms with Crippen LogP contribution in [-0.2, 0) is 26.1 Å². The molecular formula is C14H16N4O. The largest absolute Gasteiger partial charge is 0.309 e. The van der Waals surface area contributed by atoms with Crippen LogP contribution in [0, 0.1) is 0 Å². The van der Waals surface area contributed by atoms with Crippen molar-refractivity contribution in [1.29, 1.82) is 0 Å². The van der Waals surface area contributed by atoms with Gasteiger partial charge in [0.2, 0.25) is 0 Å². The van der Waals surface area contributed by atoms with Crippen LogP contribution in [-0.4, -0.2) is 20.5 Å². The molecule has 1 aliphatic heterocycles. The number of rotatable bonds is 4. The van der Waals surface area contributed by atoms with Gasteiger partial charge in [-0.25, -0.2) is 9.67 Å². The summed E-state index contributed by atoms with van der Waals surface area (Å²) in [7, 11) is 0. The Morgan fingerprint density at radius 3 is 3.05 bits per heavy atom. The van der Waals surface area contributed by atoms with Gasteiger partial charge in [-0.05, 0) is 24.1 Å². The van der Waals surface area contributed by atoms with E-state index >= 15 is 0 Å². The first-order valence-electron chi connectivity index (χ1n) is 6.50. The SMILES string of the molecule is CCn1ncnc1CC(=O)c1ccc2c(c1)CNC2. The number of hydrogen-bond acceptors (Lipinski definition) is 4. The van der Waals surface area contributed by atoms with Crippen molar-refractivity contribution in [3.05, 3.63) is 47.0 Å². The molecule has 1 aliphatic rings. The van der Waals surface area contributed by atoms with Gasteiger partial charge in [-0.15, -0.1) is 0 Å². The van der Waals surface area contributed by atoms with Crippen LogP contribution in [0.2, 0.25) is 0 Å². The fourth-order valence-electron chi connectivity index (χ4n) is 2.40. The van der Waals surface area contributed by atoms with E-state index in [1.165, 1.54) is 17.5 Å². The lowest BCUT2D eigenvalue weighted by Gasteiger charge is -2.05. The molecule has 1 N–H and O–H groups in total. The molecule has 0 aliphatic carbocycles. The number of hydrogen-bond donors (Lipinski definition) is 1. The Bertz CT molecular complexity index is 618. The summed E-state index contributed by atoms with van der Waals surface area (Å²) in [6.07, 6.45) is 1.80. The summed E-state index contributed by atoms with van der Waals surface area (Å²) in [5, 5.41) is 7.36. The van der Waals surface area contributed by atoms with Gasteiger partial charge in [-0.2, -0.15) is 5.10 Å². The quantitative estimate of drug-likeness (QED) is 0.838. The van der Waals surface area contributed by atoms with Crippen molar-refractivity contribution in [2.75, 3.05) is 0 Å². The van der Waals surface area contributed by atoms with Crippen molar-refractivity contribution in [2.45, 2.75) is 33.0 Å². The van der Waals surface area contributed by atoms with E-state index in [1.807, 2.05) is 25.1 Å². The molecule has 0 unspecified atom stereocenters. The standard InChI is InChI=1S/C14H16N4O/c1-2-18-14(16-9-17-18)6-13(19)10-3-4-11-7-15-8-12(11)5-10/h3-5,9,15H,2,6-8H2,1H3. The molecule has 0 saturated heterocycles. The summed E-state index contributed by atoms with van der Waals surface area (Å²) < 4.78 is 1.76. The molecule has 3 rings (SSSR count). The van der Waals surface area contributed by atoms with Gasteiger partial charge >= 0.3 is 0 Å². The zero-order chi connectivity index (χ0) is 13.2. The molecule has 0 saturated carbocycles. The molecule has 0 fully saturated rings. The summed E-state index contributed by atoms with van der Waals surface area (Å²) >= 11 is 0. The highest BCUT2D eigenvalue weighted by molar-refractivity contribution is 5.97. The second-order valence-corrected chi connectivity index (χ2v) is 4.68. The van der Waals surface area contributed by atoms with Crippen molar-refractivity contribution in [2.24, 2.45) is 0 Å². The molecule has 2 aromatic rings. The molecule has 0 amide bonds. The lowest BCUT2D eigenvalue weighted by Crippen LogP contribution is -2.11. The second kappa shape index (κ2) is 4.93. The van der Waals surface area contributed by atoms with E-state index in [-0.39, 0.29) is 5.78 Å². The Morgan fingerprint density at radius 2 is 2.21 bits per heavy atom. The summed E-state index contributed by atoms with van der Waals surface area (Å²) in [4.78, 5) is 16.4. The first kappa shape index (κ1) is 12.0. The number of nitrogens with zero attached hydrogens (tertiary/aromatic N) is 3. The molecule has 0 radical (unpaired) electrons. The maximum Gasteiger partial charge on any atom is 0.170 e. The lowest BCUT2D eigenvalue weighted by molar-refractivity contribution is 0.0989. The highest BCUT2D eigenvalue weighted by Crippen LogP contribution is 2.18. The van der Waals surface area contributed by atoms with E-state index in [0.29, 0.717) is 6.42 Å². The van der Waals surface area contributed by atoms with Crippen molar-refractivity contribution >= 4 is 5.78 Å². The van der Waals surface area contributed by atoms with Crippen molar-refractivity contribution in [3.63, 3.8) is 0 Å². The number of nitrogens with one attached hydrogen (secondary N) is 1. The molecule has 0 spiro atoms. The summed E-state index contributed by atoms with van der Waals surface area (Å²) in [6.45, 7) is 4.47. The number of aromatic nitrogens is 3. The third-order valence-corrected chi connectivity index (χ3v) is 3.47. The molecule has 19 heavy (non-hydrogen) atoms. The smallest absolute Gasteiger partial charge is 0.170 e. The Kier molecular flexibility index (Phi) is 3.13. The molecule has 5 nitrogen and oxygen atoms in total. The third kappa shape index (κ3) is 2.29. The van der Waals surface area contributed by atoms with Gasteiger partial charge < -0.3 is 5.32 Å². The van der Waals surface area contributed by atoms with Crippen LogP contribution in [0.4, 0.5) is 0 Å². The number of ketones is 1. The number of fused-ring (bicyclic) bond motifs is 1. The van der Waals surface area contributed by atoms with Gasteiger partial charge in [0, 0.05) is 25.2 Å². The minimum absolute atomic E-state index is 0.0948. The highest BCUT2D eigenvalue weighted by atomic mass is 16.1.